The van der Waals surface area contributed by atoms with Crippen molar-refractivity contribution in [3.05, 3.63) is 76.8 Å². The van der Waals surface area contributed by atoms with Gasteiger partial charge in [-0.2, -0.15) is 13.2 Å². The molecule has 198 valence electrons. The molecule has 0 aliphatic heterocycles. The molecular weight excluding hydrogens is 492 g/mol. The van der Waals surface area contributed by atoms with Crippen LogP contribution in [-0.2, 0) is 22.1 Å². The monoisotopic (exact) mass is 520 g/mol. The summed E-state index contributed by atoms with van der Waals surface area (Å²) in [7, 11) is 0. The molecule has 2 aromatic rings. The summed E-state index contributed by atoms with van der Waals surface area (Å²) >= 11 is 0. The van der Waals surface area contributed by atoms with Gasteiger partial charge in [-0.3, -0.25) is 4.79 Å². The summed E-state index contributed by atoms with van der Waals surface area (Å²) in [6.45, 7) is 5.05. The van der Waals surface area contributed by atoms with E-state index in [2.05, 4.69) is 10.6 Å². The van der Waals surface area contributed by atoms with Crippen LogP contribution < -0.4 is 10.6 Å². The largest absolute Gasteiger partial charge is 0.490 e. The second-order valence-corrected chi connectivity index (χ2v) is 9.37. The van der Waals surface area contributed by atoms with Crippen molar-refractivity contribution in [2.75, 3.05) is 23.8 Å². The number of Topliss-reactive ketones (excluding diaryl/α,β-unsaturated/α-hetero) is 1. The highest BCUT2D eigenvalue weighted by atomic mass is 19.4. The second kappa shape index (κ2) is 11.2. The van der Waals surface area contributed by atoms with Gasteiger partial charge in [0.15, 0.2) is 5.76 Å². The summed E-state index contributed by atoms with van der Waals surface area (Å²) in [5.41, 5.74) is -0.968. The van der Waals surface area contributed by atoms with E-state index in [1.807, 2.05) is 0 Å². The molecule has 0 saturated carbocycles. The van der Waals surface area contributed by atoms with Gasteiger partial charge in [0.2, 0.25) is 5.78 Å². The van der Waals surface area contributed by atoms with Crippen LogP contribution in [0.1, 0.15) is 43.9 Å². The molecule has 1 aliphatic carbocycles. The number of aliphatic hydroxyl groups is 1. The Kier molecular flexibility index (Phi) is 8.42. The SMILES string of the molecule is CCOC1=CC(c2ccc(NC(=O)Nc3ccc(CC(C)(C)CO)c(C(F)(F)F)c3)c(F)c2)=CCC1=O. The van der Waals surface area contributed by atoms with Gasteiger partial charge in [0.1, 0.15) is 5.82 Å². The van der Waals surface area contributed by atoms with Crippen LogP contribution in [0.15, 0.2) is 54.3 Å². The Labute approximate surface area is 212 Å². The number of benzene rings is 2. The van der Waals surface area contributed by atoms with Crippen molar-refractivity contribution in [3.8, 4) is 0 Å². The second-order valence-electron chi connectivity index (χ2n) is 9.37. The lowest BCUT2D eigenvalue weighted by molar-refractivity contribution is -0.138. The van der Waals surface area contributed by atoms with Crippen molar-refractivity contribution in [1.82, 2.24) is 0 Å². The quantitative estimate of drug-likeness (QED) is 0.355. The maximum Gasteiger partial charge on any atom is 0.416 e. The number of carbonyl (C=O) groups excluding carboxylic acids is 2. The van der Waals surface area contributed by atoms with Crippen molar-refractivity contribution in [2.45, 2.75) is 39.8 Å². The normalized spacial score (nSPS) is 14.1. The van der Waals surface area contributed by atoms with E-state index in [4.69, 9.17) is 4.74 Å². The minimum atomic E-state index is -4.67. The summed E-state index contributed by atoms with van der Waals surface area (Å²) in [6, 6.07) is 6.48. The van der Waals surface area contributed by atoms with Gasteiger partial charge >= 0.3 is 12.2 Å². The first-order valence-corrected chi connectivity index (χ1v) is 11.6. The van der Waals surface area contributed by atoms with Crippen molar-refractivity contribution >= 4 is 28.8 Å². The molecular formula is C27H28F4N2O4. The maximum absolute atomic E-state index is 14.7. The molecule has 0 spiro atoms. The predicted molar refractivity (Wildman–Crippen MR) is 132 cm³/mol. The van der Waals surface area contributed by atoms with Crippen LogP contribution in [0.3, 0.4) is 0 Å². The third-order valence-corrected chi connectivity index (χ3v) is 5.69. The highest BCUT2D eigenvalue weighted by molar-refractivity contribution is 6.02. The number of carbonyl (C=O) groups is 2. The maximum atomic E-state index is 14.7. The van der Waals surface area contributed by atoms with Crippen LogP contribution in [0.2, 0.25) is 0 Å². The molecule has 0 bridgehead atoms. The van der Waals surface area contributed by atoms with Gasteiger partial charge < -0.3 is 20.5 Å². The Bertz CT molecular complexity index is 1250. The first-order chi connectivity index (χ1) is 17.3. The minimum absolute atomic E-state index is 0.0144. The van der Waals surface area contributed by atoms with Gasteiger partial charge in [0.25, 0.3) is 0 Å². The highest BCUT2D eigenvalue weighted by Crippen LogP contribution is 2.36. The molecule has 0 atom stereocenters. The number of halogens is 4. The van der Waals surface area contributed by atoms with Gasteiger partial charge in [-0.1, -0.05) is 32.1 Å². The van der Waals surface area contributed by atoms with E-state index < -0.39 is 29.0 Å². The van der Waals surface area contributed by atoms with Gasteiger partial charge in [0.05, 0.1) is 17.9 Å². The lowest BCUT2D eigenvalue weighted by atomic mass is 9.85. The zero-order valence-corrected chi connectivity index (χ0v) is 20.6. The van der Waals surface area contributed by atoms with Crippen molar-refractivity contribution in [3.63, 3.8) is 0 Å². The Morgan fingerprint density at radius 1 is 1.11 bits per heavy atom. The van der Waals surface area contributed by atoms with E-state index in [-0.39, 0.29) is 47.9 Å². The number of alkyl halides is 3. The average molecular weight is 521 g/mol. The molecule has 0 aromatic heterocycles. The number of ketones is 1. The highest BCUT2D eigenvalue weighted by Gasteiger charge is 2.35. The summed E-state index contributed by atoms with van der Waals surface area (Å²) in [5, 5.41) is 14.0. The molecule has 0 unspecified atom stereocenters. The van der Waals surface area contributed by atoms with E-state index in [0.29, 0.717) is 17.7 Å². The fourth-order valence-electron chi connectivity index (χ4n) is 3.79. The molecule has 0 radical (unpaired) electrons. The molecule has 0 fully saturated rings. The zero-order chi connectivity index (χ0) is 27.4. The number of nitrogens with one attached hydrogen (secondary N) is 2. The summed E-state index contributed by atoms with van der Waals surface area (Å²) in [4.78, 5) is 24.3. The van der Waals surface area contributed by atoms with Crippen molar-refractivity contribution < 1.29 is 37.0 Å². The van der Waals surface area contributed by atoms with E-state index in [9.17, 15) is 32.3 Å². The summed E-state index contributed by atoms with van der Waals surface area (Å²) < 4.78 is 61.0. The van der Waals surface area contributed by atoms with Gasteiger partial charge in [-0.05, 0) is 65.8 Å². The molecule has 3 rings (SSSR count). The number of hydrogen-bond acceptors (Lipinski definition) is 4. The Morgan fingerprint density at radius 3 is 2.46 bits per heavy atom. The van der Waals surface area contributed by atoms with Crippen LogP contribution in [0, 0.1) is 11.2 Å². The number of allylic oxidation sites excluding steroid dienone is 4. The van der Waals surface area contributed by atoms with E-state index >= 15 is 0 Å². The fourth-order valence-corrected chi connectivity index (χ4v) is 3.79. The minimum Gasteiger partial charge on any atom is -0.490 e. The molecule has 2 amide bonds. The standard InChI is InChI=1S/C27H28F4N2O4/c1-4-37-24-12-17(7-10-23(24)35)16-6-9-22(21(28)11-16)33-25(36)32-19-8-5-18(14-26(2,3)15-34)20(13-19)27(29,30)31/h5-9,11-13,34H,4,10,14-15H2,1-3H3,(H2,32,33,36). The first-order valence-electron chi connectivity index (χ1n) is 11.6. The smallest absolute Gasteiger partial charge is 0.416 e. The van der Waals surface area contributed by atoms with Crippen molar-refractivity contribution in [1.29, 1.82) is 0 Å². The van der Waals surface area contributed by atoms with Crippen LogP contribution in [0.4, 0.5) is 33.7 Å². The topological polar surface area (TPSA) is 87.7 Å². The van der Waals surface area contributed by atoms with Crippen LogP contribution in [0.5, 0.6) is 0 Å². The average Bonchev–Trinajstić information content (AvgIpc) is 2.82. The third kappa shape index (κ3) is 7.19. The van der Waals surface area contributed by atoms with Crippen molar-refractivity contribution in [2.24, 2.45) is 5.41 Å². The van der Waals surface area contributed by atoms with Crippen LogP contribution >= 0.6 is 0 Å². The van der Waals surface area contributed by atoms with Crippen LogP contribution in [-0.4, -0.2) is 30.1 Å². The molecule has 0 saturated heterocycles. The predicted octanol–water partition coefficient (Wildman–Crippen LogP) is 6.33. The number of hydrogen-bond donors (Lipinski definition) is 3. The third-order valence-electron chi connectivity index (χ3n) is 5.69. The molecule has 37 heavy (non-hydrogen) atoms. The van der Waals surface area contributed by atoms with Crippen LogP contribution in [0.25, 0.3) is 5.57 Å². The fraction of sp³-hybridized carbons (Fsp3) is 0.333. The number of rotatable bonds is 8. The Balaban J connectivity index is 1.75. The number of aliphatic hydroxyl groups excluding tert-OH is 1. The van der Waals surface area contributed by atoms with Gasteiger partial charge in [-0.25, -0.2) is 9.18 Å². The van der Waals surface area contributed by atoms with Gasteiger partial charge in [-0.15, -0.1) is 0 Å². The van der Waals surface area contributed by atoms with Gasteiger partial charge in [0, 0.05) is 18.7 Å². The molecule has 1 aliphatic rings. The summed E-state index contributed by atoms with van der Waals surface area (Å²) in [6.07, 6.45) is -1.42. The summed E-state index contributed by atoms with van der Waals surface area (Å²) in [5.74, 6) is -0.764. The molecule has 3 N–H and O–H groups in total. The molecule has 0 heterocycles. The zero-order valence-electron chi connectivity index (χ0n) is 20.6. The number of ether oxygens (including phenoxy) is 1. The lowest BCUT2D eigenvalue weighted by Crippen LogP contribution is -2.23. The van der Waals surface area contributed by atoms with E-state index in [1.54, 1.807) is 32.9 Å². The molecule has 6 nitrogen and oxygen atoms in total. The lowest BCUT2D eigenvalue weighted by Gasteiger charge is -2.24. The number of urea groups is 1. The molecule has 2 aromatic carbocycles. The number of amides is 2. The Hall–Kier alpha value is -3.66. The first kappa shape index (κ1) is 27.9. The Morgan fingerprint density at radius 2 is 1.84 bits per heavy atom. The molecule has 10 heteroatoms. The van der Waals surface area contributed by atoms with E-state index in [0.717, 1.165) is 6.07 Å². The number of anilines is 2. The van der Waals surface area contributed by atoms with E-state index in [1.165, 1.54) is 30.3 Å².